The van der Waals surface area contributed by atoms with Gasteiger partial charge in [0.25, 0.3) is 0 Å². The molecule has 102 valence electrons. The van der Waals surface area contributed by atoms with Crippen molar-refractivity contribution in [3.05, 3.63) is 35.9 Å². The van der Waals surface area contributed by atoms with Gasteiger partial charge in [-0.1, -0.05) is 30.3 Å². The highest BCUT2D eigenvalue weighted by molar-refractivity contribution is 5.94. The van der Waals surface area contributed by atoms with Crippen molar-refractivity contribution in [2.75, 3.05) is 6.54 Å². The van der Waals surface area contributed by atoms with Crippen molar-refractivity contribution in [1.29, 1.82) is 0 Å². The van der Waals surface area contributed by atoms with Gasteiger partial charge in [-0.25, -0.2) is 0 Å². The maximum absolute atomic E-state index is 11.2. The summed E-state index contributed by atoms with van der Waals surface area (Å²) in [6, 6.07) is 9.54. The van der Waals surface area contributed by atoms with Crippen LogP contribution in [0.15, 0.2) is 30.3 Å². The third kappa shape index (κ3) is 6.35. The summed E-state index contributed by atoms with van der Waals surface area (Å²) >= 11 is 0. The zero-order valence-electron chi connectivity index (χ0n) is 10.6. The molecule has 1 aromatic carbocycles. The summed E-state index contributed by atoms with van der Waals surface area (Å²) in [7, 11) is 0. The molecule has 1 amide bonds. The van der Waals surface area contributed by atoms with E-state index in [1.54, 1.807) is 4.90 Å². The Hall–Kier alpha value is -2.17. The van der Waals surface area contributed by atoms with E-state index in [1.165, 1.54) is 0 Å². The minimum absolute atomic E-state index is 0.186. The van der Waals surface area contributed by atoms with E-state index in [1.807, 2.05) is 30.3 Å². The molecule has 0 saturated carbocycles. The van der Waals surface area contributed by atoms with Crippen LogP contribution in [0.4, 0.5) is 0 Å². The number of nitrogens with zero attached hydrogens (tertiary/aromatic N) is 1. The van der Waals surface area contributed by atoms with Gasteiger partial charge in [-0.3, -0.25) is 14.4 Å². The van der Waals surface area contributed by atoms with E-state index in [0.717, 1.165) is 12.0 Å². The van der Waals surface area contributed by atoms with Crippen molar-refractivity contribution in [3.8, 4) is 0 Å². The second-order valence-corrected chi connectivity index (χ2v) is 4.27. The third-order valence-corrected chi connectivity index (χ3v) is 2.63. The van der Waals surface area contributed by atoms with Gasteiger partial charge >= 0.3 is 5.97 Å². The molecule has 0 aromatic heterocycles. The van der Waals surface area contributed by atoms with E-state index in [9.17, 15) is 14.4 Å². The zero-order chi connectivity index (χ0) is 14.1. The van der Waals surface area contributed by atoms with Crippen molar-refractivity contribution >= 4 is 18.2 Å². The average Bonchev–Trinajstić information content (AvgIpc) is 2.38. The fourth-order valence-electron chi connectivity index (χ4n) is 1.72. The molecule has 0 aliphatic heterocycles. The molecule has 1 aromatic rings. The normalized spacial score (nSPS) is 9.89. The molecule has 0 spiro atoms. The van der Waals surface area contributed by atoms with Crippen LogP contribution in [-0.4, -0.2) is 34.7 Å². The number of carboxylic acids is 1. The van der Waals surface area contributed by atoms with Crippen LogP contribution in [-0.2, 0) is 20.9 Å². The van der Waals surface area contributed by atoms with Gasteiger partial charge in [0.05, 0.1) is 0 Å². The third-order valence-electron chi connectivity index (χ3n) is 2.63. The largest absolute Gasteiger partial charge is 0.481 e. The summed E-state index contributed by atoms with van der Waals surface area (Å²) in [6.45, 7) is 0.946. The van der Waals surface area contributed by atoms with Crippen LogP contribution >= 0.6 is 0 Å². The molecule has 0 aliphatic carbocycles. The van der Waals surface area contributed by atoms with Crippen LogP contribution in [0.3, 0.4) is 0 Å². The number of amides is 1. The van der Waals surface area contributed by atoms with Crippen LogP contribution in [0.1, 0.15) is 24.8 Å². The Morgan fingerprint density at radius 1 is 1.21 bits per heavy atom. The first-order valence-corrected chi connectivity index (χ1v) is 6.08. The fraction of sp³-hybridized carbons (Fsp3) is 0.357. The van der Waals surface area contributed by atoms with Gasteiger partial charge in [0.15, 0.2) is 0 Å². The van der Waals surface area contributed by atoms with Crippen LogP contribution in [0.2, 0.25) is 0 Å². The van der Waals surface area contributed by atoms with Crippen LogP contribution < -0.4 is 0 Å². The molecule has 1 rings (SSSR count). The number of carbonyl (C=O) groups excluding carboxylic acids is 2. The lowest BCUT2D eigenvalue weighted by atomic mass is 10.1. The highest BCUT2D eigenvalue weighted by Gasteiger charge is 2.09. The number of ketones is 1. The topological polar surface area (TPSA) is 74.7 Å². The Bertz CT molecular complexity index is 430. The number of carboxylic acid groups (broad SMARTS) is 1. The smallest absolute Gasteiger partial charge is 0.310 e. The number of hydrogen-bond donors (Lipinski definition) is 1. The zero-order valence-corrected chi connectivity index (χ0v) is 10.6. The molecule has 0 saturated heterocycles. The van der Waals surface area contributed by atoms with Crippen LogP contribution in [0.5, 0.6) is 0 Å². The van der Waals surface area contributed by atoms with Gasteiger partial charge in [0, 0.05) is 19.5 Å². The Morgan fingerprint density at radius 2 is 1.89 bits per heavy atom. The highest BCUT2D eigenvalue weighted by atomic mass is 16.4. The number of rotatable bonds is 9. The first-order chi connectivity index (χ1) is 9.11. The van der Waals surface area contributed by atoms with E-state index >= 15 is 0 Å². The quantitative estimate of drug-likeness (QED) is 0.541. The second-order valence-electron chi connectivity index (χ2n) is 4.27. The van der Waals surface area contributed by atoms with Gasteiger partial charge in [-0.2, -0.15) is 0 Å². The summed E-state index contributed by atoms with van der Waals surface area (Å²) in [5.74, 6) is -1.42. The lowest BCUT2D eigenvalue weighted by molar-refractivity contribution is -0.140. The van der Waals surface area contributed by atoms with E-state index < -0.39 is 12.4 Å². The van der Waals surface area contributed by atoms with Gasteiger partial charge in [-0.05, 0) is 12.0 Å². The molecule has 0 unspecified atom stereocenters. The van der Waals surface area contributed by atoms with Crippen molar-refractivity contribution < 1.29 is 19.5 Å². The Labute approximate surface area is 111 Å². The summed E-state index contributed by atoms with van der Waals surface area (Å²) in [4.78, 5) is 34.0. The molecule has 19 heavy (non-hydrogen) atoms. The van der Waals surface area contributed by atoms with Crippen molar-refractivity contribution in [2.24, 2.45) is 0 Å². The Balaban J connectivity index is 2.31. The minimum atomic E-state index is -1.11. The minimum Gasteiger partial charge on any atom is -0.481 e. The number of hydrogen-bond acceptors (Lipinski definition) is 3. The SMILES string of the molecule is O=CN(CCCC(=O)CC(=O)O)Cc1ccccc1. The Kier molecular flexibility index (Phi) is 6.29. The number of benzene rings is 1. The predicted octanol–water partition coefficient (Wildman–Crippen LogP) is 1.47. The highest BCUT2D eigenvalue weighted by Crippen LogP contribution is 2.04. The molecule has 0 atom stereocenters. The van der Waals surface area contributed by atoms with Gasteiger partial charge in [-0.15, -0.1) is 0 Å². The summed E-state index contributed by atoms with van der Waals surface area (Å²) in [5.41, 5.74) is 1.02. The summed E-state index contributed by atoms with van der Waals surface area (Å²) in [5, 5.41) is 8.45. The van der Waals surface area contributed by atoms with E-state index in [4.69, 9.17) is 5.11 Å². The molecule has 5 nitrogen and oxygen atoms in total. The van der Waals surface area contributed by atoms with Crippen molar-refractivity contribution in [1.82, 2.24) is 4.90 Å². The molecule has 1 N–H and O–H groups in total. The Morgan fingerprint density at radius 3 is 2.47 bits per heavy atom. The second kappa shape index (κ2) is 8.02. The molecule has 0 aliphatic rings. The fourth-order valence-corrected chi connectivity index (χ4v) is 1.72. The van der Waals surface area contributed by atoms with Crippen molar-refractivity contribution in [3.63, 3.8) is 0 Å². The van der Waals surface area contributed by atoms with Gasteiger partial charge in [0.2, 0.25) is 6.41 Å². The molecule has 0 fully saturated rings. The number of aliphatic carboxylic acids is 1. The van der Waals surface area contributed by atoms with Crippen LogP contribution in [0.25, 0.3) is 0 Å². The number of Topliss-reactive ketones (excluding diaryl/α,β-unsaturated/α-hetero) is 1. The van der Waals surface area contributed by atoms with Crippen molar-refractivity contribution in [2.45, 2.75) is 25.8 Å². The first kappa shape index (κ1) is 14.9. The predicted molar refractivity (Wildman–Crippen MR) is 69.4 cm³/mol. The lowest BCUT2D eigenvalue weighted by Gasteiger charge is -2.16. The lowest BCUT2D eigenvalue weighted by Crippen LogP contribution is -2.23. The molecular weight excluding hydrogens is 246 g/mol. The summed E-state index contributed by atoms with van der Waals surface area (Å²) < 4.78 is 0. The van der Waals surface area contributed by atoms with Gasteiger partial charge < -0.3 is 10.0 Å². The molecular formula is C14H17NO4. The van der Waals surface area contributed by atoms with Gasteiger partial charge in [0.1, 0.15) is 12.2 Å². The standard InChI is InChI=1S/C14H17NO4/c16-11-15(10-12-5-2-1-3-6-12)8-4-7-13(17)9-14(18)19/h1-3,5-6,11H,4,7-10H2,(H,18,19). The van der Waals surface area contributed by atoms with Crippen LogP contribution in [0, 0.1) is 0 Å². The maximum Gasteiger partial charge on any atom is 0.310 e. The first-order valence-electron chi connectivity index (χ1n) is 6.08. The van der Waals surface area contributed by atoms with E-state index in [2.05, 4.69) is 0 Å². The number of carbonyl (C=O) groups is 3. The molecule has 0 radical (unpaired) electrons. The monoisotopic (exact) mass is 263 g/mol. The average molecular weight is 263 g/mol. The summed E-state index contributed by atoms with van der Waals surface area (Å²) in [6.07, 6.45) is 0.970. The maximum atomic E-state index is 11.2. The van der Waals surface area contributed by atoms with E-state index in [-0.39, 0.29) is 12.2 Å². The molecule has 0 heterocycles. The molecule has 0 bridgehead atoms. The van der Waals surface area contributed by atoms with E-state index in [0.29, 0.717) is 19.5 Å². The molecule has 5 heteroatoms.